The number of rotatable bonds is 5. The maximum atomic E-state index is 11.6. The molecule has 0 spiro atoms. The lowest BCUT2D eigenvalue weighted by atomic mass is 10.2. The lowest BCUT2D eigenvalue weighted by molar-refractivity contribution is -0.154. The summed E-state index contributed by atoms with van der Waals surface area (Å²) in [6.45, 7) is 2.80. The minimum absolute atomic E-state index is 0.524. The van der Waals surface area contributed by atoms with Gasteiger partial charge in [-0.1, -0.05) is 12.1 Å². The maximum Gasteiger partial charge on any atom is 0.347 e. The minimum atomic E-state index is -1.00. The number of carbonyl (C=O) groups is 3. The van der Waals surface area contributed by atoms with Crippen molar-refractivity contribution < 1.29 is 23.9 Å². The zero-order valence-corrected chi connectivity index (χ0v) is 11.2. The van der Waals surface area contributed by atoms with E-state index in [1.807, 2.05) is 13.0 Å². The summed E-state index contributed by atoms with van der Waals surface area (Å²) in [6, 6.07) is 6.16. The monoisotopic (exact) mass is 280 g/mol. The molecule has 7 heteroatoms. The molecule has 0 aliphatic carbocycles. The summed E-state index contributed by atoms with van der Waals surface area (Å²) in [7, 11) is 0. The zero-order valence-electron chi connectivity index (χ0n) is 11.2. The Morgan fingerprint density at radius 3 is 2.65 bits per heavy atom. The van der Waals surface area contributed by atoms with Crippen molar-refractivity contribution in [2.45, 2.75) is 20.0 Å². The highest BCUT2D eigenvalue weighted by Crippen LogP contribution is 2.14. The predicted molar refractivity (Wildman–Crippen MR) is 70.0 cm³/mol. The van der Waals surface area contributed by atoms with E-state index in [4.69, 9.17) is 10.5 Å². The molecule has 0 aliphatic rings. The van der Waals surface area contributed by atoms with E-state index in [0.29, 0.717) is 5.75 Å². The molecule has 20 heavy (non-hydrogen) atoms. The number of nitrogens with one attached hydrogen (secondary N) is 1. The van der Waals surface area contributed by atoms with Gasteiger partial charge in [0.1, 0.15) is 5.75 Å². The van der Waals surface area contributed by atoms with E-state index in [0.717, 1.165) is 5.56 Å². The van der Waals surface area contributed by atoms with Crippen LogP contribution >= 0.6 is 0 Å². The third-order valence-electron chi connectivity index (χ3n) is 2.24. The Morgan fingerprint density at radius 2 is 2.05 bits per heavy atom. The second-order valence-electron chi connectivity index (χ2n) is 4.10. The van der Waals surface area contributed by atoms with Gasteiger partial charge in [0.05, 0.1) is 0 Å². The molecule has 0 heterocycles. The van der Waals surface area contributed by atoms with Gasteiger partial charge in [0.15, 0.2) is 12.7 Å². The van der Waals surface area contributed by atoms with E-state index in [1.165, 1.54) is 6.92 Å². The Kier molecular flexibility index (Phi) is 5.52. The first-order valence-electron chi connectivity index (χ1n) is 5.87. The van der Waals surface area contributed by atoms with Crippen molar-refractivity contribution in [2.24, 2.45) is 5.73 Å². The highest BCUT2D eigenvalue weighted by molar-refractivity contribution is 5.94. The minimum Gasteiger partial charge on any atom is -0.479 e. The number of imide groups is 1. The van der Waals surface area contributed by atoms with E-state index >= 15 is 0 Å². The molecule has 0 saturated heterocycles. The maximum absolute atomic E-state index is 11.6. The van der Waals surface area contributed by atoms with Gasteiger partial charge < -0.3 is 15.2 Å². The van der Waals surface area contributed by atoms with Crippen LogP contribution < -0.4 is 15.8 Å². The van der Waals surface area contributed by atoms with Crippen LogP contribution in [0.1, 0.15) is 12.5 Å². The lowest BCUT2D eigenvalue weighted by Gasteiger charge is -2.14. The third kappa shape index (κ3) is 5.38. The SMILES string of the molecule is Cc1cccc(O[C@@H](C)C(=O)OCC(=O)NC(N)=O)c1. The molecular formula is C13H16N2O5. The van der Waals surface area contributed by atoms with E-state index in [2.05, 4.69) is 4.74 Å². The van der Waals surface area contributed by atoms with Gasteiger partial charge >= 0.3 is 12.0 Å². The average molecular weight is 280 g/mol. The van der Waals surface area contributed by atoms with Gasteiger partial charge in [0.25, 0.3) is 5.91 Å². The molecule has 0 aromatic heterocycles. The Morgan fingerprint density at radius 1 is 1.35 bits per heavy atom. The second-order valence-corrected chi connectivity index (χ2v) is 4.10. The van der Waals surface area contributed by atoms with E-state index in [-0.39, 0.29) is 0 Å². The molecule has 0 saturated carbocycles. The van der Waals surface area contributed by atoms with E-state index in [1.54, 1.807) is 23.5 Å². The summed E-state index contributed by atoms with van der Waals surface area (Å²) in [4.78, 5) is 33.0. The predicted octanol–water partition coefficient (Wildman–Crippen LogP) is 0.500. The fourth-order valence-electron chi connectivity index (χ4n) is 1.37. The van der Waals surface area contributed by atoms with Crippen LogP contribution in [0.4, 0.5) is 4.79 Å². The van der Waals surface area contributed by atoms with Crippen molar-refractivity contribution in [2.75, 3.05) is 6.61 Å². The number of ether oxygens (including phenoxy) is 2. The Hall–Kier alpha value is -2.57. The molecule has 0 radical (unpaired) electrons. The molecule has 1 atom stereocenters. The van der Waals surface area contributed by atoms with Gasteiger partial charge in [-0.25, -0.2) is 9.59 Å². The van der Waals surface area contributed by atoms with E-state index in [9.17, 15) is 14.4 Å². The molecule has 1 rings (SSSR count). The van der Waals surface area contributed by atoms with Crippen molar-refractivity contribution in [1.29, 1.82) is 0 Å². The van der Waals surface area contributed by atoms with E-state index < -0.39 is 30.6 Å². The molecule has 1 aromatic carbocycles. The van der Waals surface area contributed by atoms with Crippen LogP contribution in [0.3, 0.4) is 0 Å². The summed E-state index contributed by atoms with van der Waals surface area (Å²) in [5.74, 6) is -0.990. The molecular weight excluding hydrogens is 264 g/mol. The van der Waals surface area contributed by atoms with Crippen LogP contribution in [-0.4, -0.2) is 30.6 Å². The van der Waals surface area contributed by atoms with Crippen LogP contribution in [0.5, 0.6) is 5.75 Å². The van der Waals surface area contributed by atoms with Crippen LogP contribution in [0.2, 0.25) is 0 Å². The molecule has 7 nitrogen and oxygen atoms in total. The first-order valence-corrected chi connectivity index (χ1v) is 5.87. The summed E-state index contributed by atoms with van der Waals surface area (Å²) in [5, 5.41) is 1.78. The van der Waals surface area contributed by atoms with Crippen LogP contribution in [0.25, 0.3) is 0 Å². The van der Waals surface area contributed by atoms with Gasteiger partial charge in [-0.05, 0) is 31.5 Å². The molecule has 0 unspecified atom stereocenters. The largest absolute Gasteiger partial charge is 0.479 e. The van der Waals surface area contributed by atoms with Gasteiger partial charge in [-0.3, -0.25) is 10.1 Å². The number of primary amides is 1. The number of aryl methyl sites for hydroxylation is 1. The van der Waals surface area contributed by atoms with Crippen molar-refractivity contribution in [3.63, 3.8) is 0 Å². The Labute approximate surface area is 116 Å². The highest BCUT2D eigenvalue weighted by Gasteiger charge is 2.18. The molecule has 3 N–H and O–H groups in total. The Balaban J connectivity index is 2.43. The molecule has 1 aromatic rings. The van der Waals surface area contributed by atoms with Crippen molar-refractivity contribution in [1.82, 2.24) is 5.32 Å². The Bertz CT molecular complexity index is 515. The fourth-order valence-corrected chi connectivity index (χ4v) is 1.37. The number of hydrogen-bond donors (Lipinski definition) is 2. The highest BCUT2D eigenvalue weighted by atomic mass is 16.6. The number of esters is 1. The van der Waals surface area contributed by atoms with Crippen molar-refractivity contribution in [3.8, 4) is 5.75 Å². The number of carbonyl (C=O) groups excluding carboxylic acids is 3. The van der Waals surface area contributed by atoms with Gasteiger partial charge in [0, 0.05) is 0 Å². The number of nitrogens with two attached hydrogens (primary N) is 1. The number of benzene rings is 1. The van der Waals surface area contributed by atoms with Gasteiger partial charge in [-0.2, -0.15) is 0 Å². The summed E-state index contributed by atoms with van der Waals surface area (Å²) in [5.41, 5.74) is 5.73. The topological polar surface area (TPSA) is 108 Å². The van der Waals surface area contributed by atoms with Crippen molar-refractivity contribution >= 4 is 17.9 Å². The van der Waals surface area contributed by atoms with Gasteiger partial charge in [0.2, 0.25) is 0 Å². The van der Waals surface area contributed by atoms with Crippen LogP contribution in [0.15, 0.2) is 24.3 Å². The van der Waals surface area contributed by atoms with Crippen LogP contribution in [-0.2, 0) is 14.3 Å². The summed E-state index contributed by atoms with van der Waals surface area (Å²) < 4.78 is 10.1. The molecule has 0 aliphatic heterocycles. The number of hydrogen-bond acceptors (Lipinski definition) is 5. The smallest absolute Gasteiger partial charge is 0.347 e. The molecule has 3 amide bonds. The van der Waals surface area contributed by atoms with Crippen molar-refractivity contribution in [3.05, 3.63) is 29.8 Å². The molecule has 0 fully saturated rings. The average Bonchev–Trinajstić information content (AvgIpc) is 2.35. The fraction of sp³-hybridized carbons (Fsp3) is 0.308. The number of amides is 3. The normalized spacial score (nSPS) is 11.3. The quantitative estimate of drug-likeness (QED) is 0.764. The second kappa shape index (κ2) is 7.13. The first kappa shape index (κ1) is 15.5. The van der Waals surface area contributed by atoms with Crippen LogP contribution in [0, 0.1) is 6.92 Å². The molecule has 0 bridgehead atoms. The molecule has 108 valence electrons. The lowest BCUT2D eigenvalue weighted by Crippen LogP contribution is -2.39. The standard InChI is InChI=1S/C13H16N2O5/c1-8-4-3-5-10(6-8)20-9(2)12(17)19-7-11(16)15-13(14)18/h3-6,9H,7H2,1-2H3,(H3,14,15,16,18)/t9-/m0/s1. The first-order chi connectivity index (χ1) is 9.38. The van der Waals surface area contributed by atoms with Gasteiger partial charge in [-0.15, -0.1) is 0 Å². The summed E-state index contributed by atoms with van der Waals surface area (Å²) >= 11 is 0. The number of urea groups is 1. The summed E-state index contributed by atoms with van der Waals surface area (Å²) in [6.07, 6.45) is -0.877. The third-order valence-corrected chi connectivity index (χ3v) is 2.24. The zero-order chi connectivity index (χ0) is 15.1.